The second kappa shape index (κ2) is 20.9. The van der Waals surface area contributed by atoms with Crippen molar-refractivity contribution < 1.29 is 43.0 Å². The van der Waals surface area contributed by atoms with Gasteiger partial charge in [0.1, 0.15) is 23.9 Å². The van der Waals surface area contributed by atoms with Gasteiger partial charge in [-0.2, -0.15) is 0 Å². The summed E-state index contributed by atoms with van der Waals surface area (Å²) in [6.45, 7) is 3.94. The number of rotatable bonds is 12. The maximum Gasteiger partial charge on any atom is 0.290 e. The molecule has 6 amide bonds. The molecule has 314 valence electrons. The normalized spacial score (nSPS) is 21.4. The third-order valence-electron chi connectivity index (χ3n) is 10.9. The van der Waals surface area contributed by atoms with Gasteiger partial charge in [-0.05, 0) is 60.9 Å². The maximum absolute atomic E-state index is 14.6. The SMILES string of the molecule is CCC[C@H](NC(=O)C1C[C@@H]2CN1C(=O)[C@H](C1CCCCC1)NC(=O)Cc1cc(C)cc(c1)OCCCO2)C(=O)C(=O)NCC(=O)N[C@H](C(=O)N(C)C)c1ccccc1. The lowest BCUT2D eigenvalue weighted by atomic mass is 9.83. The molecule has 1 aliphatic carbocycles. The van der Waals surface area contributed by atoms with Crippen molar-refractivity contribution in [1.82, 2.24) is 31.1 Å². The van der Waals surface area contributed by atoms with Gasteiger partial charge >= 0.3 is 0 Å². The number of nitrogens with zero attached hydrogens (tertiary/aromatic N) is 2. The number of nitrogens with one attached hydrogen (secondary N) is 4. The van der Waals surface area contributed by atoms with E-state index in [4.69, 9.17) is 9.47 Å². The summed E-state index contributed by atoms with van der Waals surface area (Å²) in [4.78, 5) is 97.6. The number of carbonyl (C=O) groups excluding carboxylic acids is 7. The molecule has 15 heteroatoms. The van der Waals surface area contributed by atoms with E-state index in [9.17, 15) is 33.6 Å². The van der Waals surface area contributed by atoms with Crippen LogP contribution < -0.4 is 26.0 Å². The molecule has 2 fully saturated rings. The van der Waals surface area contributed by atoms with E-state index < -0.39 is 60.3 Å². The molecule has 2 aromatic carbocycles. The number of ketones is 1. The Morgan fingerprint density at radius 2 is 1.69 bits per heavy atom. The maximum atomic E-state index is 14.6. The fourth-order valence-electron chi connectivity index (χ4n) is 7.99. The van der Waals surface area contributed by atoms with E-state index in [-0.39, 0.29) is 49.4 Å². The number of aryl methyl sites for hydroxylation is 1. The summed E-state index contributed by atoms with van der Waals surface area (Å²) < 4.78 is 12.2. The highest BCUT2D eigenvalue weighted by atomic mass is 16.5. The molecule has 4 N–H and O–H groups in total. The molecule has 5 rings (SSSR count). The number of ether oxygens (including phenoxy) is 2. The molecule has 2 aromatic rings. The average Bonchev–Trinajstić information content (AvgIpc) is 3.64. The van der Waals surface area contributed by atoms with Gasteiger partial charge in [-0.15, -0.1) is 0 Å². The summed E-state index contributed by atoms with van der Waals surface area (Å²) in [5, 5.41) is 10.7. The van der Waals surface area contributed by atoms with Crippen LogP contribution in [0.4, 0.5) is 0 Å². The third-order valence-corrected chi connectivity index (χ3v) is 10.9. The van der Waals surface area contributed by atoms with Crippen LogP contribution in [0.1, 0.15) is 87.4 Å². The van der Waals surface area contributed by atoms with Gasteiger partial charge in [0.05, 0.1) is 38.3 Å². The molecule has 0 radical (unpaired) electrons. The highest BCUT2D eigenvalue weighted by molar-refractivity contribution is 6.38. The van der Waals surface area contributed by atoms with Crippen molar-refractivity contribution in [3.05, 3.63) is 65.2 Å². The van der Waals surface area contributed by atoms with Crippen molar-refractivity contribution >= 4 is 41.2 Å². The van der Waals surface area contributed by atoms with E-state index in [1.54, 1.807) is 51.4 Å². The zero-order valence-corrected chi connectivity index (χ0v) is 34.1. The Kier molecular flexibility index (Phi) is 15.8. The van der Waals surface area contributed by atoms with Crippen LogP contribution in [0.5, 0.6) is 5.75 Å². The smallest absolute Gasteiger partial charge is 0.290 e. The minimum atomic E-state index is -1.24. The quantitative estimate of drug-likeness (QED) is 0.233. The number of amides is 6. The molecule has 1 saturated heterocycles. The molecule has 1 unspecified atom stereocenters. The summed E-state index contributed by atoms with van der Waals surface area (Å²) >= 11 is 0. The second-order valence-electron chi connectivity index (χ2n) is 15.8. The highest BCUT2D eigenvalue weighted by Gasteiger charge is 2.45. The molecule has 58 heavy (non-hydrogen) atoms. The first kappa shape index (κ1) is 43.8. The standard InChI is InChI=1S/C43H58N6O9/c1-5-13-33(39(52)41(54)44-25-36(51)47-37(42(55)48(3)4)29-14-8-6-9-15-29)45-40(53)34-24-32-26-49(34)43(56)38(30-16-10-7-11-17-30)46-35(50)23-28-20-27(2)21-31(22-28)57-18-12-19-58-32/h6,8-9,14-15,20-22,30,32-34,37-38H,5,7,10-13,16-19,23-26H2,1-4H3,(H,44,54)(H,45,53)(H,46,50)(H,47,51)/t32-,33+,34?,37+,38+/m1/s1. The van der Waals surface area contributed by atoms with Gasteiger partial charge in [-0.1, -0.05) is 69.0 Å². The van der Waals surface area contributed by atoms with Gasteiger partial charge in [0, 0.05) is 33.5 Å². The molecule has 0 spiro atoms. The first-order chi connectivity index (χ1) is 27.8. The Morgan fingerprint density at radius 3 is 2.40 bits per heavy atom. The Bertz CT molecular complexity index is 1800. The number of fused-ring (bicyclic) bond motifs is 4. The van der Waals surface area contributed by atoms with Crippen LogP contribution in [0.15, 0.2) is 48.5 Å². The van der Waals surface area contributed by atoms with E-state index in [0.717, 1.165) is 43.2 Å². The van der Waals surface area contributed by atoms with Crippen LogP contribution in [-0.4, -0.2) is 116 Å². The minimum Gasteiger partial charge on any atom is -0.493 e. The fraction of sp³-hybridized carbons (Fsp3) is 0.558. The van der Waals surface area contributed by atoms with E-state index in [1.807, 2.05) is 25.1 Å². The molecule has 3 aliphatic rings. The molecule has 5 atom stereocenters. The monoisotopic (exact) mass is 802 g/mol. The number of hydrogen-bond donors (Lipinski definition) is 4. The molecule has 15 nitrogen and oxygen atoms in total. The first-order valence-electron chi connectivity index (χ1n) is 20.5. The fourth-order valence-corrected chi connectivity index (χ4v) is 7.99. The van der Waals surface area contributed by atoms with Crippen molar-refractivity contribution in [2.75, 3.05) is 40.4 Å². The van der Waals surface area contributed by atoms with Gasteiger partial charge in [0.25, 0.3) is 5.91 Å². The van der Waals surface area contributed by atoms with Gasteiger partial charge < -0.3 is 40.5 Å². The lowest BCUT2D eigenvalue weighted by Gasteiger charge is -2.35. The number of hydrogen-bond acceptors (Lipinski definition) is 9. The summed E-state index contributed by atoms with van der Waals surface area (Å²) in [5.74, 6) is -3.88. The van der Waals surface area contributed by atoms with Gasteiger partial charge in [-0.25, -0.2) is 0 Å². The Hall–Kier alpha value is -5.31. The van der Waals surface area contributed by atoms with Crippen LogP contribution in [0.2, 0.25) is 0 Å². The lowest BCUT2D eigenvalue weighted by Crippen LogP contribution is -2.58. The predicted molar refractivity (Wildman–Crippen MR) is 214 cm³/mol. The molecule has 2 aliphatic heterocycles. The largest absolute Gasteiger partial charge is 0.493 e. The molecule has 0 aromatic heterocycles. The molecule has 2 heterocycles. The number of benzene rings is 2. The zero-order chi connectivity index (χ0) is 41.8. The summed E-state index contributed by atoms with van der Waals surface area (Å²) in [7, 11) is 3.12. The van der Waals surface area contributed by atoms with Crippen LogP contribution in [0.3, 0.4) is 0 Å². The highest BCUT2D eigenvalue weighted by Crippen LogP contribution is 2.31. The van der Waals surface area contributed by atoms with E-state index in [0.29, 0.717) is 37.4 Å². The van der Waals surface area contributed by atoms with Gasteiger partial charge in [-0.3, -0.25) is 33.6 Å². The van der Waals surface area contributed by atoms with Crippen molar-refractivity contribution in [3.63, 3.8) is 0 Å². The summed E-state index contributed by atoms with van der Waals surface area (Å²) in [6, 6.07) is 10.2. The summed E-state index contributed by atoms with van der Waals surface area (Å²) in [5.41, 5.74) is 2.26. The second-order valence-corrected chi connectivity index (χ2v) is 15.8. The first-order valence-corrected chi connectivity index (χ1v) is 20.5. The van der Waals surface area contributed by atoms with Crippen LogP contribution >= 0.6 is 0 Å². The van der Waals surface area contributed by atoms with Crippen molar-refractivity contribution in [1.29, 1.82) is 0 Å². The Morgan fingerprint density at radius 1 is 0.948 bits per heavy atom. The summed E-state index contributed by atoms with van der Waals surface area (Å²) in [6.07, 6.45) is 5.21. The molecular formula is C43H58N6O9. The topological polar surface area (TPSA) is 193 Å². The van der Waals surface area contributed by atoms with Crippen molar-refractivity contribution in [2.45, 2.75) is 108 Å². The van der Waals surface area contributed by atoms with E-state index in [2.05, 4.69) is 21.3 Å². The van der Waals surface area contributed by atoms with Crippen LogP contribution in [0.25, 0.3) is 0 Å². The van der Waals surface area contributed by atoms with Crippen molar-refractivity contribution in [3.8, 4) is 5.75 Å². The van der Waals surface area contributed by atoms with E-state index in [1.165, 1.54) is 9.80 Å². The van der Waals surface area contributed by atoms with Gasteiger partial charge in [0.2, 0.25) is 35.3 Å². The van der Waals surface area contributed by atoms with Crippen LogP contribution in [0, 0.1) is 12.8 Å². The minimum absolute atomic E-state index is 0.0521. The van der Waals surface area contributed by atoms with E-state index >= 15 is 0 Å². The Labute approximate surface area is 340 Å². The lowest BCUT2D eigenvalue weighted by molar-refractivity contribution is -0.144. The van der Waals surface area contributed by atoms with Crippen LogP contribution in [-0.2, 0) is 44.7 Å². The Balaban J connectivity index is 1.29. The number of likely N-dealkylation sites (N-methyl/N-ethyl adjacent to an activating group) is 1. The molecular weight excluding hydrogens is 745 g/mol. The molecule has 1 saturated carbocycles. The zero-order valence-electron chi connectivity index (χ0n) is 34.1. The predicted octanol–water partition coefficient (Wildman–Crippen LogP) is 2.29. The molecule has 4 bridgehead atoms. The third kappa shape index (κ3) is 11.9. The number of carbonyl (C=O) groups is 7. The van der Waals surface area contributed by atoms with Crippen molar-refractivity contribution in [2.24, 2.45) is 5.92 Å². The van der Waals surface area contributed by atoms with Gasteiger partial charge in [0.15, 0.2) is 0 Å². The number of Topliss-reactive ketones (excluding diaryl/α,β-unsaturated/α-hetero) is 1. The average molecular weight is 803 g/mol.